The molecule has 3 aromatic heterocycles. The Morgan fingerprint density at radius 3 is 2.32 bits per heavy atom. The van der Waals surface area contributed by atoms with Gasteiger partial charge in [-0.2, -0.15) is 0 Å². The van der Waals surface area contributed by atoms with E-state index in [0.717, 1.165) is 49.9 Å². The number of aromatic nitrogens is 3. The van der Waals surface area contributed by atoms with Crippen molar-refractivity contribution in [1.29, 1.82) is 0 Å². The number of nitrogens with zero attached hydrogens (tertiary/aromatic N) is 5. The number of hydrogen-bond acceptors (Lipinski definition) is 10. The molecule has 2 aliphatic rings. The molecule has 13 heteroatoms. The summed E-state index contributed by atoms with van der Waals surface area (Å²) >= 11 is 3.07. The van der Waals surface area contributed by atoms with Crippen LogP contribution in [0.15, 0.2) is 41.7 Å². The van der Waals surface area contributed by atoms with Crippen LogP contribution in [-0.4, -0.2) is 85.0 Å². The molecule has 2 atom stereocenters. The maximum atomic E-state index is 16.3. The Balaban J connectivity index is 1.43. The summed E-state index contributed by atoms with van der Waals surface area (Å²) in [5, 5.41) is 4.10. The summed E-state index contributed by atoms with van der Waals surface area (Å²) in [7, 11) is -0.617. The van der Waals surface area contributed by atoms with Gasteiger partial charge in [-0.25, -0.2) is 19.2 Å². The van der Waals surface area contributed by atoms with Crippen molar-refractivity contribution in [3.05, 3.63) is 47.9 Å². The summed E-state index contributed by atoms with van der Waals surface area (Å²) in [5.41, 5.74) is 6.19. The highest BCUT2D eigenvalue weighted by Gasteiger charge is 2.45. The highest BCUT2D eigenvalue weighted by atomic mass is 32.2. The van der Waals surface area contributed by atoms with Crippen LogP contribution in [0.4, 0.5) is 15.0 Å². The van der Waals surface area contributed by atoms with Crippen molar-refractivity contribution in [1.82, 2.24) is 19.9 Å². The maximum Gasteiger partial charge on any atom is 0.410 e. The van der Waals surface area contributed by atoms with E-state index < -0.39 is 13.7 Å². The first-order valence-electron chi connectivity index (χ1n) is 19.9. The van der Waals surface area contributed by atoms with Crippen molar-refractivity contribution < 1.29 is 23.4 Å². The summed E-state index contributed by atoms with van der Waals surface area (Å²) in [5.74, 6) is 4.55. The number of methoxy groups -OCH3 is 1. The van der Waals surface area contributed by atoms with E-state index in [1.807, 2.05) is 56.3 Å². The molecule has 0 aliphatic carbocycles. The topological polar surface area (TPSA) is 89.9 Å². The molecule has 302 valence electrons. The van der Waals surface area contributed by atoms with Crippen molar-refractivity contribution in [2.45, 2.75) is 115 Å². The van der Waals surface area contributed by atoms with Gasteiger partial charge in [0, 0.05) is 42.7 Å². The number of halogens is 1. The number of hydrogen-bond donors (Lipinski definition) is 0. The number of benzene rings is 2. The lowest BCUT2D eigenvalue weighted by atomic mass is 9.96. The first-order chi connectivity index (χ1) is 27.1. The lowest BCUT2D eigenvalue weighted by molar-refractivity contribution is 0.0122. The molecule has 2 aliphatic heterocycles. The second-order valence-electron chi connectivity index (χ2n) is 17.2. The van der Waals surface area contributed by atoms with Crippen LogP contribution in [-0.2, 0) is 9.47 Å². The molecule has 2 fully saturated rings. The van der Waals surface area contributed by atoms with Crippen LogP contribution in [0.1, 0.15) is 80.7 Å². The summed E-state index contributed by atoms with van der Waals surface area (Å²) < 4.78 is 34.4. The number of carbonyl (C=O) groups is 1. The van der Waals surface area contributed by atoms with Crippen LogP contribution in [0.2, 0.25) is 16.6 Å². The molecule has 57 heavy (non-hydrogen) atoms. The minimum atomic E-state index is -2.20. The number of ether oxygens (including phenoxy) is 3. The number of anilines is 1. The van der Waals surface area contributed by atoms with Gasteiger partial charge in [0.05, 0.1) is 33.4 Å². The number of thiophene rings is 1. The molecule has 2 unspecified atom stereocenters. The zero-order valence-corrected chi connectivity index (χ0v) is 37.6. The van der Waals surface area contributed by atoms with Crippen molar-refractivity contribution in [3.8, 4) is 28.5 Å². The SMILES string of the molecule is COCOc1cc(-c2nccc3c2sc2nc(SC)nc(N4CC5CCC(C4)N5C(=O)OC(C)(C)C)c23)c2c(C#C[Si](C(C)C)(C(C)C)C(C)C)c(F)ccc2c1. The van der Waals surface area contributed by atoms with Crippen LogP contribution in [0.25, 0.3) is 42.3 Å². The molecule has 0 spiro atoms. The van der Waals surface area contributed by atoms with Gasteiger partial charge >= 0.3 is 6.09 Å². The van der Waals surface area contributed by atoms with E-state index in [4.69, 9.17) is 29.2 Å². The molecule has 2 aromatic carbocycles. The predicted molar refractivity (Wildman–Crippen MR) is 235 cm³/mol. The Labute approximate surface area is 345 Å². The first kappa shape index (κ1) is 41.2. The standard InChI is InChI=1S/C44H54FN5O4S2Si/c1-25(2)57(26(3)4,27(5)6)19-17-32-35(45)15-12-28-20-31(53-24-52-10)21-34(36(28)32)38-39-33(16-18-46-38)37-40(47-42(55-11)48-41(37)56-39)49-22-29-13-14-30(23-49)50(29)43(51)54-44(7,8)9/h12,15-16,18,20-21,25-27,29-30H,13-14,22-24H2,1-11H3. The zero-order chi connectivity index (χ0) is 41.0. The molecular formula is C44H54FN5O4S2Si. The van der Waals surface area contributed by atoms with Gasteiger partial charge in [-0.05, 0) is 86.1 Å². The van der Waals surface area contributed by atoms with Crippen LogP contribution in [0.3, 0.4) is 0 Å². The highest BCUT2D eigenvalue weighted by Crippen LogP contribution is 2.47. The van der Waals surface area contributed by atoms with E-state index in [2.05, 4.69) is 57.9 Å². The Morgan fingerprint density at radius 2 is 1.70 bits per heavy atom. The fourth-order valence-corrected chi connectivity index (χ4v) is 16.1. The molecule has 5 heterocycles. The van der Waals surface area contributed by atoms with Gasteiger partial charge in [-0.1, -0.05) is 65.3 Å². The molecular weight excluding hydrogens is 774 g/mol. The van der Waals surface area contributed by atoms with Gasteiger partial charge in [0.25, 0.3) is 0 Å². The number of rotatable bonds is 9. The quantitative estimate of drug-likeness (QED) is 0.0474. The molecule has 1 amide bonds. The second kappa shape index (κ2) is 16.0. The van der Waals surface area contributed by atoms with Gasteiger partial charge in [-0.3, -0.25) is 9.88 Å². The van der Waals surface area contributed by atoms with Crippen LogP contribution in [0, 0.1) is 17.3 Å². The lowest BCUT2D eigenvalue weighted by Crippen LogP contribution is -2.57. The third-order valence-electron chi connectivity index (χ3n) is 11.7. The summed E-state index contributed by atoms with van der Waals surface area (Å²) in [6, 6.07) is 9.22. The predicted octanol–water partition coefficient (Wildman–Crippen LogP) is 11.1. The van der Waals surface area contributed by atoms with Gasteiger partial charge in [0.15, 0.2) is 11.9 Å². The van der Waals surface area contributed by atoms with E-state index in [0.29, 0.717) is 57.3 Å². The fourth-order valence-electron chi connectivity index (χ4n) is 9.30. The van der Waals surface area contributed by atoms with Crippen molar-refractivity contribution >= 4 is 74.2 Å². The van der Waals surface area contributed by atoms with E-state index in [9.17, 15) is 4.79 Å². The number of fused-ring (bicyclic) bond motifs is 6. The Morgan fingerprint density at radius 1 is 1.02 bits per heavy atom. The summed E-state index contributed by atoms with van der Waals surface area (Å²) in [6.45, 7) is 20.7. The molecule has 0 N–H and O–H groups in total. The van der Waals surface area contributed by atoms with Gasteiger partial charge < -0.3 is 19.1 Å². The fraction of sp³-hybridized carbons (Fsp3) is 0.500. The molecule has 7 rings (SSSR count). The average Bonchev–Trinajstić information content (AvgIpc) is 3.66. The summed E-state index contributed by atoms with van der Waals surface area (Å²) in [4.78, 5) is 33.6. The average molecular weight is 828 g/mol. The third kappa shape index (κ3) is 7.59. The largest absolute Gasteiger partial charge is 0.468 e. The Kier molecular flexibility index (Phi) is 11.6. The third-order valence-corrected chi connectivity index (χ3v) is 19.6. The van der Waals surface area contributed by atoms with E-state index in [-0.39, 0.29) is 30.8 Å². The van der Waals surface area contributed by atoms with Crippen LogP contribution >= 0.6 is 23.1 Å². The zero-order valence-electron chi connectivity index (χ0n) is 34.9. The Hall–Kier alpha value is -3.96. The maximum absolute atomic E-state index is 16.3. The minimum absolute atomic E-state index is 0.0167. The summed E-state index contributed by atoms with van der Waals surface area (Å²) in [6.07, 6.45) is 5.37. The molecule has 2 bridgehead atoms. The number of amides is 1. The molecule has 0 saturated carbocycles. The number of pyridine rings is 1. The number of carbonyl (C=O) groups excluding carboxylic acids is 1. The monoisotopic (exact) mass is 827 g/mol. The van der Waals surface area contributed by atoms with Gasteiger partial charge in [0.2, 0.25) is 0 Å². The van der Waals surface area contributed by atoms with Crippen molar-refractivity contribution in [2.75, 3.05) is 38.1 Å². The van der Waals surface area contributed by atoms with Gasteiger partial charge in [-0.15, -0.1) is 16.9 Å². The minimum Gasteiger partial charge on any atom is -0.468 e. The lowest BCUT2D eigenvalue weighted by Gasteiger charge is -2.42. The molecule has 9 nitrogen and oxygen atoms in total. The van der Waals surface area contributed by atoms with Crippen molar-refractivity contribution in [3.63, 3.8) is 0 Å². The van der Waals surface area contributed by atoms with E-state index >= 15 is 4.39 Å². The second-order valence-corrected chi connectivity index (χ2v) is 24.6. The van der Waals surface area contributed by atoms with Crippen molar-refractivity contribution in [2.24, 2.45) is 0 Å². The van der Waals surface area contributed by atoms with Crippen LogP contribution in [0.5, 0.6) is 5.75 Å². The highest BCUT2D eigenvalue weighted by molar-refractivity contribution is 7.98. The first-order valence-corrected chi connectivity index (χ1v) is 24.2. The van der Waals surface area contributed by atoms with Crippen LogP contribution < -0.4 is 9.64 Å². The Bertz CT molecular complexity index is 2370. The normalized spacial score (nSPS) is 17.4. The molecule has 0 radical (unpaired) electrons. The number of piperazine rings is 1. The van der Waals surface area contributed by atoms with E-state index in [1.54, 1.807) is 24.5 Å². The molecule has 2 saturated heterocycles. The van der Waals surface area contributed by atoms with E-state index in [1.165, 1.54) is 17.8 Å². The van der Waals surface area contributed by atoms with Gasteiger partial charge in [0.1, 0.15) is 35.9 Å². The number of thioether (sulfide) groups is 1. The molecule has 5 aromatic rings. The smallest absolute Gasteiger partial charge is 0.410 e.